The fourth-order valence-electron chi connectivity index (χ4n) is 1.15. The summed E-state index contributed by atoms with van der Waals surface area (Å²) < 4.78 is 5.39. The van der Waals surface area contributed by atoms with Crippen molar-refractivity contribution in [3.63, 3.8) is 0 Å². The zero-order valence-corrected chi connectivity index (χ0v) is 8.18. The van der Waals surface area contributed by atoms with Gasteiger partial charge in [0, 0.05) is 12.1 Å². The van der Waals surface area contributed by atoms with Crippen LogP contribution in [-0.4, -0.2) is 16.7 Å². The quantitative estimate of drug-likeness (QED) is 0.771. The molecular weight excluding hydrogens is 190 g/mol. The molecule has 2 rings (SSSR count). The number of hydrogen-bond donors (Lipinski definition) is 1. The maximum absolute atomic E-state index is 5.39. The molecule has 15 heavy (non-hydrogen) atoms. The van der Waals surface area contributed by atoms with E-state index in [9.17, 15) is 0 Å². The predicted molar refractivity (Wildman–Crippen MR) is 58.4 cm³/mol. The lowest BCUT2D eigenvalue weighted by atomic mass is 10.2. The number of anilines is 1. The third-order valence-electron chi connectivity index (χ3n) is 1.84. The van der Waals surface area contributed by atoms with Crippen LogP contribution >= 0.6 is 0 Å². The first kappa shape index (κ1) is 9.45. The molecule has 1 aromatic carbocycles. The van der Waals surface area contributed by atoms with Crippen molar-refractivity contribution < 1.29 is 4.42 Å². The first-order chi connectivity index (χ1) is 7.40. The molecule has 0 aliphatic rings. The lowest BCUT2D eigenvalue weighted by Gasteiger charge is -1.94. The maximum Gasteiger partial charge on any atom is 0.315 e. The van der Waals surface area contributed by atoms with Crippen molar-refractivity contribution in [1.29, 1.82) is 0 Å². The molecule has 0 unspecified atom stereocenters. The molecule has 0 aliphatic heterocycles. The first-order valence-corrected chi connectivity index (χ1v) is 4.64. The molecule has 1 N–H and O–H groups in total. The van der Waals surface area contributed by atoms with Crippen molar-refractivity contribution >= 4 is 6.01 Å². The van der Waals surface area contributed by atoms with Crippen molar-refractivity contribution in [1.82, 2.24) is 10.2 Å². The standard InChI is InChI=1S/C11H11N3O/c1-2-8-12-11-14-13-10(15-11)9-6-4-3-5-7-9/h2-7H,1,8H2,(H,12,14). The van der Waals surface area contributed by atoms with Gasteiger partial charge in [0.15, 0.2) is 0 Å². The predicted octanol–water partition coefficient (Wildman–Crippen LogP) is 2.33. The normalized spacial score (nSPS) is 9.87. The molecule has 0 saturated heterocycles. The Kier molecular flexibility index (Phi) is 2.78. The van der Waals surface area contributed by atoms with E-state index in [0.717, 1.165) is 5.56 Å². The summed E-state index contributed by atoms with van der Waals surface area (Å²) in [5.41, 5.74) is 0.914. The highest BCUT2D eigenvalue weighted by Crippen LogP contribution is 2.18. The van der Waals surface area contributed by atoms with Gasteiger partial charge in [-0.3, -0.25) is 0 Å². The van der Waals surface area contributed by atoms with Gasteiger partial charge in [-0.15, -0.1) is 11.7 Å². The number of rotatable bonds is 4. The van der Waals surface area contributed by atoms with Crippen LogP contribution in [0.15, 0.2) is 47.4 Å². The highest BCUT2D eigenvalue weighted by atomic mass is 16.4. The fraction of sp³-hybridized carbons (Fsp3) is 0.0909. The Hall–Kier alpha value is -2.10. The van der Waals surface area contributed by atoms with Crippen LogP contribution in [0.2, 0.25) is 0 Å². The molecule has 1 aromatic heterocycles. The molecule has 4 nitrogen and oxygen atoms in total. The van der Waals surface area contributed by atoms with E-state index in [4.69, 9.17) is 4.42 Å². The minimum atomic E-state index is 0.411. The van der Waals surface area contributed by atoms with Gasteiger partial charge in [0.1, 0.15) is 0 Å². The van der Waals surface area contributed by atoms with E-state index in [2.05, 4.69) is 22.1 Å². The van der Waals surface area contributed by atoms with Crippen LogP contribution in [0.4, 0.5) is 6.01 Å². The van der Waals surface area contributed by atoms with Gasteiger partial charge in [-0.2, -0.15) is 0 Å². The second-order valence-corrected chi connectivity index (χ2v) is 2.95. The average molecular weight is 201 g/mol. The summed E-state index contributed by atoms with van der Waals surface area (Å²) in [7, 11) is 0. The Balaban J connectivity index is 2.17. The molecule has 0 fully saturated rings. The molecule has 4 heteroatoms. The number of nitrogens with one attached hydrogen (secondary N) is 1. The topological polar surface area (TPSA) is 51.0 Å². The van der Waals surface area contributed by atoms with Crippen LogP contribution in [0, 0.1) is 0 Å². The molecular formula is C11H11N3O. The van der Waals surface area contributed by atoms with Crippen LogP contribution in [0.1, 0.15) is 0 Å². The van der Waals surface area contributed by atoms with Gasteiger partial charge < -0.3 is 9.73 Å². The van der Waals surface area contributed by atoms with Crippen molar-refractivity contribution in [3.05, 3.63) is 43.0 Å². The van der Waals surface area contributed by atoms with E-state index in [0.29, 0.717) is 18.5 Å². The van der Waals surface area contributed by atoms with Gasteiger partial charge in [-0.25, -0.2) is 0 Å². The van der Waals surface area contributed by atoms with E-state index in [1.807, 2.05) is 30.3 Å². The summed E-state index contributed by atoms with van der Waals surface area (Å²) in [4.78, 5) is 0. The highest BCUT2D eigenvalue weighted by Gasteiger charge is 2.06. The second-order valence-electron chi connectivity index (χ2n) is 2.95. The van der Waals surface area contributed by atoms with Crippen molar-refractivity contribution in [2.75, 3.05) is 11.9 Å². The Morgan fingerprint density at radius 1 is 1.27 bits per heavy atom. The van der Waals surface area contributed by atoms with E-state index >= 15 is 0 Å². The molecule has 0 saturated carbocycles. The van der Waals surface area contributed by atoms with E-state index < -0.39 is 0 Å². The lowest BCUT2D eigenvalue weighted by molar-refractivity contribution is 0.583. The first-order valence-electron chi connectivity index (χ1n) is 4.64. The van der Waals surface area contributed by atoms with Gasteiger partial charge in [0.05, 0.1) is 0 Å². The van der Waals surface area contributed by atoms with Crippen LogP contribution in [-0.2, 0) is 0 Å². The summed E-state index contributed by atoms with van der Waals surface area (Å²) in [6, 6.07) is 10.0. The molecule has 0 aliphatic carbocycles. The van der Waals surface area contributed by atoms with Gasteiger partial charge in [0.25, 0.3) is 0 Å². The number of aromatic nitrogens is 2. The fourth-order valence-corrected chi connectivity index (χ4v) is 1.15. The minimum Gasteiger partial charge on any atom is -0.403 e. The summed E-state index contributed by atoms with van der Waals surface area (Å²) in [6.07, 6.45) is 1.73. The van der Waals surface area contributed by atoms with Crippen LogP contribution < -0.4 is 5.32 Å². The van der Waals surface area contributed by atoms with Crippen LogP contribution in [0.25, 0.3) is 11.5 Å². The Bertz CT molecular complexity index is 436. The summed E-state index contributed by atoms with van der Waals surface area (Å²) in [5.74, 6) is 0.516. The highest BCUT2D eigenvalue weighted by molar-refractivity contribution is 5.52. The van der Waals surface area contributed by atoms with E-state index in [1.54, 1.807) is 6.08 Å². The lowest BCUT2D eigenvalue weighted by Crippen LogP contribution is -1.97. The molecule has 0 atom stereocenters. The second kappa shape index (κ2) is 4.41. The largest absolute Gasteiger partial charge is 0.403 e. The van der Waals surface area contributed by atoms with E-state index in [1.165, 1.54) is 0 Å². The average Bonchev–Trinajstić information content (AvgIpc) is 2.76. The van der Waals surface area contributed by atoms with Crippen molar-refractivity contribution in [2.45, 2.75) is 0 Å². The smallest absolute Gasteiger partial charge is 0.315 e. The van der Waals surface area contributed by atoms with Gasteiger partial charge >= 0.3 is 6.01 Å². The summed E-state index contributed by atoms with van der Waals surface area (Å²) in [5, 5.41) is 10.7. The Labute approximate surface area is 87.6 Å². The Morgan fingerprint density at radius 2 is 2.07 bits per heavy atom. The molecule has 2 aromatic rings. The van der Waals surface area contributed by atoms with Crippen LogP contribution in [0.5, 0.6) is 0 Å². The number of nitrogens with zero attached hydrogens (tertiary/aromatic N) is 2. The van der Waals surface area contributed by atoms with Gasteiger partial charge in [0.2, 0.25) is 5.89 Å². The third-order valence-corrected chi connectivity index (χ3v) is 1.84. The molecule has 1 heterocycles. The zero-order valence-electron chi connectivity index (χ0n) is 8.18. The monoisotopic (exact) mass is 201 g/mol. The Morgan fingerprint density at radius 3 is 2.80 bits per heavy atom. The minimum absolute atomic E-state index is 0.411. The van der Waals surface area contributed by atoms with Crippen molar-refractivity contribution in [2.24, 2.45) is 0 Å². The molecule has 0 amide bonds. The molecule has 76 valence electrons. The molecule has 0 spiro atoms. The zero-order chi connectivity index (χ0) is 10.5. The van der Waals surface area contributed by atoms with Gasteiger partial charge in [-0.1, -0.05) is 29.4 Å². The third kappa shape index (κ3) is 2.22. The van der Waals surface area contributed by atoms with Crippen LogP contribution in [0.3, 0.4) is 0 Å². The number of hydrogen-bond acceptors (Lipinski definition) is 4. The SMILES string of the molecule is C=CCNc1nnc(-c2ccccc2)o1. The van der Waals surface area contributed by atoms with Crippen molar-refractivity contribution in [3.8, 4) is 11.5 Å². The maximum atomic E-state index is 5.39. The number of benzene rings is 1. The molecule has 0 radical (unpaired) electrons. The van der Waals surface area contributed by atoms with E-state index in [-0.39, 0.29) is 0 Å². The molecule has 0 bridgehead atoms. The summed E-state index contributed by atoms with van der Waals surface area (Å²) >= 11 is 0. The summed E-state index contributed by atoms with van der Waals surface area (Å²) in [6.45, 7) is 4.20. The van der Waals surface area contributed by atoms with Gasteiger partial charge in [-0.05, 0) is 12.1 Å².